The highest BCUT2D eigenvalue weighted by Gasteiger charge is 2.01. The van der Waals surface area contributed by atoms with Crippen molar-refractivity contribution in [1.82, 2.24) is 0 Å². The summed E-state index contributed by atoms with van der Waals surface area (Å²) in [5.41, 5.74) is 2.21. The molecule has 0 aliphatic carbocycles. The minimum absolute atomic E-state index is 0.119. The molecule has 1 rings (SSSR count). The van der Waals surface area contributed by atoms with Gasteiger partial charge in [0.05, 0.1) is 0 Å². The second-order valence-corrected chi connectivity index (χ2v) is 4.66. The predicted molar refractivity (Wildman–Crippen MR) is 77.5 cm³/mol. The molecule has 0 saturated carbocycles. The van der Waals surface area contributed by atoms with Crippen LogP contribution in [0, 0.1) is 6.92 Å². The Kier molecular flexibility index (Phi) is 7.16. The highest BCUT2D eigenvalue weighted by Crippen LogP contribution is 2.12. The lowest BCUT2D eigenvalue weighted by atomic mass is 10.1. The number of aryl methyl sites for hydroxylation is 1. The number of nitrogens with one attached hydrogen (secondary N) is 1. The average Bonchev–Trinajstić information content (AvgIpc) is 2.38. The summed E-state index contributed by atoms with van der Waals surface area (Å²) in [7, 11) is 0. The van der Waals surface area contributed by atoms with E-state index >= 15 is 0 Å². The molecule has 99 valence electrons. The van der Waals surface area contributed by atoms with Gasteiger partial charge in [0.25, 0.3) is 0 Å². The van der Waals surface area contributed by atoms with Gasteiger partial charge < -0.3 is 5.32 Å². The molecule has 18 heavy (non-hydrogen) atoms. The van der Waals surface area contributed by atoms with Gasteiger partial charge in [-0.3, -0.25) is 4.79 Å². The van der Waals surface area contributed by atoms with E-state index in [9.17, 15) is 4.79 Å². The van der Waals surface area contributed by atoms with Crippen molar-refractivity contribution in [3.8, 4) is 0 Å². The van der Waals surface area contributed by atoms with Crippen LogP contribution in [0.4, 0.5) is 5.69 Å². The fourth-order valence-corrected chi connectivity index (χ4v) is 1.84. The quantitative estimate of drug-likeness (QED) is 0.678. The first-order valence-corrected chi connectivity index (χ1v) is 6.94. The molecule has 0 heterocycles. The largest absolute Gasteiger partial charge is 0.326 e. The van der Waals surface area contributed by atoms with Crippen LogP contribution in [0.2, 0.25) is 0 Å². The molecule has 1 aromatic carbocycles. The van der Waals surface area contributed by atoms with E-state index < -0.39 is 0 Å². The smallest absolute Gasteiger partial charge is 0.224 e. The van der Waals surface area contributed by atoms with Crippen molar-refractivity contribution in [3.63, 3.8) is 0 Å². The first-order chi connectivity index (χ1) is 8.76. The molecule has 1 aromatic rings. The van der Waals surface area contributed by atoms with Gasteiger partial charge in [-0.2, -0.15) is 0 Å². The summed E-state index contributed by atoms with van der Waals surface area (Å²) in [6.07, 6.45) is 7.01. The second kappa shape index (κ2) is 8.73. The standard InChI is InChI=1S/C16H24NO/c1-3-5-7-9-16(18)17-15-12-10-14(11-13-15)8-6-4-2/h10-13H,2-9H2,1H3,(H,17,18). The molecular formula is C16H24NO. The summed E-state index contributed by atoms with van der Waals surface area (Å²) in [4.78, 5) is 11.6. The van der Waals surface area contributed by atoms with E-state index in [1.807, 2.05) is 12.1 Å². The van der Waals surface area contributed by atoms with E-state index in [4.69, 9.17) is 0 Å². The van der Waals surface area contributed by atoms with Crippen LogP contribution in [-0.2, 0) is 11.2 Å². The van der Waals surface area contributed by atoms with Gasteiger partial charge in [0, 0.05) is 12.1 Å². The number of unbranched alkanes of at least 4 members (excludes halogenated alkanes) is 3. The number of amides is 1. The maximum Gasteiger partial charge on any atom is 0.224 e. The van der Waals surface area contributed by atoms with E-state index in [0.717, 1.165) is 44.2 Å². The van der Waals surface area contributed by atoms with Crippen molar-refractivity contribution < 1.29 is 4.79 Å². The molecule has 1 N–H and O–H groups in total. The average molecular weight is 246 g/mol. The van der Waals surface area contributed by atoms with Crippen molar-refractivity contribution in [1.29, 1.82) is 0 Å². The van der Waals surface area contributed by atoms with Crippen LogP contribution in [0.25, 0.3) is 0 Å². The number of hydrogen-bond donors (Lipinski definition) is 1. The van der Waals surface area contributed by atoms with Crippen LogP contribution >= 0.6 is 0 Å². The van der Waals surface area contributed by atoms with E-state index in [0.29, 0.717) is 6.42 Å². The zero-order valence-electron chi connectivity index (χ0n) is 11.4. The summed E-state index contributed by atoms with van der Waals surface area (Å²) in [6, 6.07) is 8.13. The highest BCUT2D eigenvalue weighted by molar-refractivity contribution is 5.90. The maximum absolute atomic E-state index is 11.6. The summed E-state index contributed by atoms with van der Waals surface area (Å²) in [5, 5.41) is 2.93. The minimum Gasteiger partial charge on any atom is -0.326 e. The van der Waals surface area contributed by atoms with Crippen LogP contribution in [-0.4, -0.2) is 5.91 Å². The van der Waals surface area contributed by atoms with Crippen LogP contribution in [0.5, 0.6) is 0 Å². The molecule has 0 bridgehead atoms. The normalized spacial score (nSPS) is 10.3. The van der Waals surface area contributed by atoms with Crippen LogP contribution < -0.4 is 5.32 Å². The number of rotatable bonds is 8. The van der Waals surface area contributed by atoms with Gasteiger partial charge in [-0.05, 0) is 37.0 Å². The Labute approximate surface area is 111 Å². The van der Waals surface area contributed by atoms with Gasteiger partial charge in [-0.15, -0.1) is 0 Å². The van der Waals surface area contributed by atoms with Gasteiger partial charge >= 0.3 is 0 Å². The number of anilines is 1. The lowest BCUT2D eigenvalue weighted by Crippen LogP contribution is -2.10. The molecule has 0 aliphatic rings. The molecule has 0 aromatic heterocycles. The van der Waals surface area contributed by atoms with Gasteiger partial charge in [0.1, 0.15) is 0 Å². The highest BCUT2D eigenvalue weighted by atomic mass is 16.1. The summed E-state index contributed by atoms with van der Waals surface area (Å²) < 4.78 is 0. The fraction of sp³-hybridized carbons (Fsp3) is 0.500. The number of benzene rings is 1. The monoisotopic (exact) mass is 246 g/mol. The van der Waals surface area contributed by atoms with Gasteiger partial charge in [-0.1, -0.05) is 45.2 Å². The Bertz CT molecular complexity index is 343. The molecular weight excluding hydrogens is 222 g/mol. The van der Waals surface area contributed by atoms with Crippen molar-refractivity contribution in [2.75, 3.05) is 5.32 Å². The van der Waals surface area contributed by atoms with E-state index in [1.165, 1.54) is 5.56 Å². The molecule has 0 fully saturated rings. The molecule has 0 atom stereocenters. The molecule has 0 spiro atoms. The Balaban J connectivity index is 2.35. The third-order valence-corrected chi connectivity index (χ3v) is 2.96. The zero-order valence-corrected chi connectivity index (χ0v) is 11.4. The summed E-state index contributed by atoms with van der Waals surface area (Å²) >= 11 is 0. The Morgan fingerprint density at radius 2 is 1.89 bits per heavy atom. The predicted octanol–water partition coefficient (Wildman–Crippen LogP) is 4.36. The Morgan fingerprint density at radius 1 is 1.17 bits per heavy atom. The fourth-order valence-electron chi connectivity index (χ4n) is 1.84. The Morgan fingerprint density at radius 3 is 2.50 bits per heavy atom. The van der Waals surface area contributed by atoms with E-state index in [1.54, 1.807) is 0 Å². The van der Waals surface area contributed by atoms with Gasteiger partial charge in [0.2, 0.25) is 5.91 Å². The first-order valence-electron chi connectivity index (χ1n) is 6.94. The van der Waals surface area contributed by atoms with Crippen LogP contribution in [0.15, 0.2) is 24.3 Å². The number of hydrogen-bond acceptors (Lipinski definition) is 1. The second-order valence-electron chi connectivity index (χ2n) is 4.66. The number of carbonyl (C=O) groups is 1. The van der Waals surface area contributed by atoms with Gasteiger partial charge in [0.15, 0.2) is 0 Å². The molecule has 1 radical (unpaired) electrons. The first kappa shape index (κ1) is 14.7. The Hall–Kier alpha value is -1.31. The molecule has 0 saturated heterocycles. The lowest BCUT2D eigenvalue weighted by Gasteiger charge is -2.06. The third-order valence-electron chi connectivity index (χ3n) is 2.96. The van der Waals surface area contributed by atoms with E-state index in [2.05, 4.69) is 31.3 Å². The van der Waals surface area contributed by atoms with Gasteiger partial charge in [-0.25, -0.2) is 0 Å². The molecule has 0 aliphatic heterocycles. The lowest BCUT2D eigenvalue weighted by molar-refractivity contribution is -0.116. The summed E-state index contributed by atoms with van der Waals surface area (Å²) in [6.45, 7) is 5.98. The molecule has 0 unspecified atom stereocenters. The van der Waals surface area contributed by atoms with Crippen molar-refractivity contribution in [2.24, 2.45) is 0 Å². The minimum atomic E-state index is 0.119. The van der Waals surface area contributed by atoms with Crippen LogP contribution in [0.1, 0.15) is 51.0 Å². The van der Waals surface area contributed by atoms with Crippen molar-refractivity contribution in [3.05, 3.63) is 36.8 Å². The summed E-state index contributed by atoms with van der Waals surface area (Å²) in [5.74, 6) is 0.119. The topological polar surface area (TPSA) is 29.1 Å². The third kappa shape index (κ3) is 5.85. The molecule has 2 heteroatoms. The van der Waals surface area contributed by atoms with Crippen LogP contribution in [0.3, 0.4) is 0 Å². The molecule has 2 nitrogen and oxygen atoms in total. The number of carbonyl (C=O) groups excluding carboxylic acids is 1. The maximum atomic E-state index is 11.6. The van der Waals surface area contributed by atoms with Crippen molar-refractivity contribution >= 4 is 11.6 Å². The molecule has 1 amide bonds. The van der Waals surface area contributed by atoms with E-state index in [-0.39, 0.29) is 5.91 Å². The SMILES string of the molecule is [CH2]CCCc1ccc(NC(=O)CCCCC)cc1. The zero-order chi connectivity index (χ0) is 13.2. The van der Waals surface area contributed by atoms with Crippen molar-refractivity contribution in [2.45, 2.75) is 51.9 Å².